The molecule has 1 fully saturated rings. The fraction of sp³-hybridized carbons (Fsp3) is 0.727. The second kappa shape index (κ2) is 5.78. The predicted molar refractivity (Wildman–Crippen MR) is 71.6 cm³/mol. The molecule has 0 radical (unpaired) electrons. The van der Waals surface area contributed by atoms with Gasteiger partial charge in [0, 0.05) is 32.9 Å². The second-order valence-corrected chi connectivity index (χ2v) is 6.87. The van der Waals surface area contributed by atoms with Crippen molar-refractivity contribution in [3.8, 4) is 0 Å². The van der Waals surface area contributed by atoms with Gasteiger partial charge in [0.1, 0.15) is 0 Å². The zero-order chi connectivity index (χ0) is 14.0. The molecule has 0 unspecified atom stereocenters. The van der Waals surface area contributed by atoms with Gasteiger partial charge in [0.2, 0.25) is 5.28 Å². The van der Waals surface area contributed by atoms with Crippen LogP contribution in [0.25, 0.3) is 0 Å². The van der Waals surface area contributed by atoms with Gasteiger partial charge in [-0.2, -0.15) is 4.31 Å². The maximum atomic E-state index is 12.5. The first-order valence-electron chi connectivity index (χ1n) is 6.22. The van der Waals surface area contributed by atoms with Gasteiger partial charge in [-0.25, -0.2) is 13.4 Å². The number of rotatable bonds is 5. The highest BCUT2D eigenvalue weighted by Crippen LogP contribution is 2.21. The number of sulfonamides is 1. The lowest BCUT2D eigenvalue weighted by molar-refractivity contribution is 0.180. The molecule has 1 atom stereocenters. The van der Waals surface area contributed by atoms with Crippen LogP contribution < -0.4 is 0 Å². The summed E-state index contributed by atoms with van der Waals surface area (Å²) in [6.45, 7) is 4.02. The molecule has 0 amide bonds. The fourth-order valence-corrected chi connectivity index (χ4v) is 3.78. The molecule has 6 nitrogen and oxygen atoms in total. The van der Waals surface area contributed by atoms with Gasteiger partial charge in [-0.05, 0) is 23.9 Å². The molecule has 19 heavy (non-hydrogen) atoms. The summed E-state index contributed by atoms with van der Waals surface area (Å²) in [7, 11) is -1.92. The highest BCUT2D eigenvalue weighted by Gasteiger charge is 2.29. The Hall–Kier alpha value is -0.630. The van der Waals surface area contributed by atoms with Crippen molar-refractivity contribution in [2.24, 2.45) is 13.0 Å². The third-order valence-corrected chi connectivity index (χ3v) is 5.40. The van der Waals surface area contributed by atoms with Crippen molar-refractivity contribution in [1.82, 2.24) is 13.9 Å². The predicted octanol–water partition coefficient (Wildman–Crippen LogP) is 1.12. The van der Waals surface area contributed by atoms with Gasteiger partial charge in [-0.15, -0.1) is 0 Å². The van der Waals surface area contributed by atoms with Crippen molar-refractivity contribution in [3.05, 3.63) is 11.5 Å². The normalized spacial score (nSPS) is 20.3. The quantitative estimate of drug-likeness (QED) is 0.818. The molecule has 1 aliphatic heterocycles. The molecule has 0 aromatic carbocycles. The molecule has 0 N–H and O–H groups in total. The van der Waals surface area contributed by atoms with Crippen LogP contribution in [0.2, 0.25) is 5.28 Å². The Bertz CT molecular complexity index is 518. The average molecular weight is 308 g/mol. The minimum absolute atomic E-state index is 0.000709. The topological polar surface area (TPSA) is 64.4 Å². The highest BCUT2D eigenvalue weighted by molar-refractivity contribution is 7.89. The minimum Gasteiger partial charge on any atom is -0.381 e. The van der Waals surface area contributed by atoms with Crippen LogP contribution in [0.1, 0.15) is 13.3 Å². The summed E-state index contributed by atoms with van der Waals surface area (Å²) in [4.78, 5) is 3.89. The summed E-state index contributed by atoms with van der Waals surface area (Å²) >= 11 is 5.80. The van der Waals surface area contributed by atoms with E-state index < -0.39 is 10.0 Å². The van der Waals surface area contributed by atoms with Crippen molar-refractivity contribution in [2.75, 3.05) is 26.3 Å². The Morgan fingerprint density at radius 1 is 1.63 bits per heavy atom. The van der Waals surface area contributed by atoms with Gasteiger partial charge < -0.3 is 9.30 Å². The van der Waals surface area contributed by atoms with Gasteiger partial charge in [0.15, 0.2) is 5.03 Å². The second-order valence-electron chi connectivity index (χ2n) is 4.64. The van der Waals surface area contributed by atoms with Crippen LogP contribution in [0.3, 0.4) is 0 Å². The Labute approximate surface area is 118 Å². The van der Waals surface area contributed by atoms with Gasteiger partial charge in [0.05, 0.1) is 6.61 Å². The first-order valence-corrected chi connectivity index (χ1v) is 8.03. The van der Waals surface area contributed by atoms with Crippen molar-refractivity contribution in [1.29, 1.82) is 0 Å². The Morgan fingerprint density at radius 2 is 2.37 bits per heavy atom. The Kier molecular flexibility index (Phi) is 4.50. The summed E-state index contributed by atoms with van der Waals surface area (Å²) in [5.41, 5.74) is 0. The van der Waals surface area contributed by atoms with E-state index in [1.165, 1.54) is 15.1 Å². The molecular formula is C11H18ClN3O3S. The molecule has 1 saturated heterocycles. The molecule has 0 spiro atoms. The lowest BCUT2D eigenvalue weighted by Crippen LogP contribution is -2.35. The molecule has 1 aliphatic rings. The number of aryl methyl sites for hydroxylation is 1. The van der Waals surface area contributed by atoms with Gasteiger partial charge in [-0.3, -0.25) is 0 Å². The van der Waals surface area contributed by atoms with Crippen molar-refractivity contribution in [2.45, 2.75) is 18.4 Å². The van der Waals surface area contributed by atoms with E-state index in [9.17, 15) is 8.42 Å². The van der Waals surface area contributed by atoms with Crippen molar-refractivity contribution < 1.29 is 13.2 Å². The molecule has 2 rings (SSSR count). The summed E-state index contributed by atoms with van der Waals surface area (Å²) < 4.78 is 33.1. The lowest BCUT2D eigenvalue weighted by Gasteiger charge is -2.21. The first-order chi connectivity index (χ1) is 8.95. The number of imidazole rings is 1. The Balaban J connectivity index is 2.20. The van der Waals surface area contributed by atoms with Gasteiger partial charge >= 0.3 is 0 Å². The summed E-state index contributed by atoms with van der Waals surface area (Å²) in [5, 5.41) is 0.166. The fourth-order valence-electron chi connectivity index (χ4n) is 2.09. The largest absolute Gasteiger partial charge is 0.381 e. The molecule has 1 aromatic rings. The molecule has 2 heterocycles. The van der Waals surface area contributed by atoms with Crippen molar-refractivity contribution >= 4 is 21.6 Å². The highest BCUT2D eigenvalue weighted by atomic mass is 35.5. The number of hydrogen-bond acceptors (Lipinski definition) is 4. The zero-order valence-corrected chi connectivity index (χ0v) is 12.6. The van der Waals surface area contributed by atoms with E-state index in [1.54, 1.807) is 7.05 Å². The van der Waals surface area contributed by atoms with Gasteiger partial charge in [-0.1, -0.05) is 6.92 Å². The summed E-state index contributed by atoms with van der Waals surface area (Å²) in [6, 6.07) is 0. The molecule has 1 aromatic heterocycles. The van der Waals surface area contributed by atoms with E-state index in [2.05, 4.69) is 4.98 Å². The van der Waals surface area contributed by atoms with Crippen LogP contribution in [-0.4, -0.2) is 48.6 Å². The maximum Gasteiger partial charge on any atom is 0.262 e. The monoisotopic (exact) mass is 307 g/mol. The van der Waals surface area contributed by atoms with Crippen LogP contribution in [-0.2, 0) is 21.8 Å². The SMILES string of the molecule is CCN(C[C@@H]1CCOC1)S(=O)(=O)c1cn(C)c(Cl)n1. The van der Waals surface area contributed by atoms with Crippen LogP contribution >= 0.6 is 11.6 Å². The minimum atomic E-state index is -3.58. The zero-order valence-electron chi connectivity index (χ0n) is 11.0. The maximum absolute atomic E-state index is 12.5. The molecular weight excluding hydrogens is 290 g/mol. The average Bonchev–Trinajstić information content (AvgIpc) is 2.97. The smallest absolute Gasteiger partial charge is 0.262 e. The third kappa shape index (κ3) is 3.10. The van der Waals surface area contributed by atoms with Crippen molar-refractivity contribution in [3.63, 3.8) is 0 Å². The standard InChI is InChI=1S/C11H18ClN3O3S/c1-3-15(6-9-4-5-18-8-9)19(16,17)10-7-14(2)11(12)13-10/h7,9H,3-6,8H2,1-2H3/t9-/m0/s1. The van der Waals surface area contributed by atoms with E-state index in [0.717, 1.165) is 6.42 Å². The summed E-state index contributed by atoms with van der Waals surface area (Å²) in [6.07, 6.45) is 2.33. The number of halogens is 1. The van der Waals surface area contributed by atoms with E-state index in [-0.39, 0.29) is 16.2 Å². The molecule has 8 heteroatoms. The van der Waals surface area contributed by atoms with Crippen LogP contribution in [0.4, 0.5) is 0 Å². The van der Waals surface area contributed by atoms with E-state index in [1.807, 2.05) is 6.92 Å². The molecule has 108 valence electrons. The van der Waals surface area contributed by atoms with Gasteiger partial charge in [0.25, 0.3) is 10.0 Å². The number of aromatic nitrogens is 2. The summed E-state index contributed by atoms with van der Waals surface area (Å²) in [5.74, 6) is 0.258. The number of hydrogen-bond donors (Lipinski definition) is 0. The number of nitrogens with zero attached hydrogens (tertiary/aromatic N) is 3. The number of ether oxygens (including phenoxy) is 1. The molecule has 0 saturated carbocycles. The van der Waals surface area contributed by atoms with E-state index >= 15 is 0 Å². The van der Waals surface area contributed by atoms with Crippen LogP contribution in [0.5, 0.6) is 0 Å². The molecule has 0 bridgehead atoms. The molecule has 0 aliphatic carbocycles. The van der Waals surface area contributed by atoms with Crippen LogP contribution in [0, 0.1) is 5.92 Å². The lowest BCUT2D eigenvalue weighted by atomic mass is 10.1. The Morgan fingerprint density at radius 3 is 2.84 bits per heavy atom. The van der Waals surface area contributed by atoms with E-state index in [4.69, 9.17) is 16.3 Å². The first kappa shape index (κ1) is 14.8. The van der Waals surface area contributed by atoms with Crippen LogP contribution in [0.15, 0.2) is 11.2 Å². The third-order valence-electron chi connectivity index (χ3n) is 3.24. The van der Waals surface area contributed by atoms with E-state index in [0.29, 0.717) is 26.3 Å².